The van der Waals surface area contributed by atoms with Gasteiger partial charge in [0.25, 0.3) is 0 Å². The van der Waals surface area contributed by atoms with E-state index in [-0.39, 0.29) is 17.3 Å². The number of rotatable bonds is 5. The number of carbonyl (C=O) groups excluding carboxylic acids is 1. The molecule has 0 radical (unpaired) electrons. The molecule has 0 aliphatic rings. The second kappa shape index (κ2) is 6.64. The zero-order valence-electron chi connectivity index (χ0n) is 12.0. The quantitative estimate of drug-likeness (QED) is 0.818. The Hall–Kier alpha value is -1.99. The number of nitrogens with zero attached hydrogens (tertiary/aromatic N) is 1. The van der Waals surface area contributed by atoms with Gasteiger partial charge in [-0.3, -0.25) is 0 Å². The third-order valence-electron chi connectivity index (χ3n) is 2.75. The van der Waals surface area contributed by atoms with Crippen LogP contribution in [0.25, 0.3) is 0 Å². The smallest absolute Gasteiger partial charge is 0.433 e. The van der Waals surface area contributed by atoms with Crippen LogP contribution in [0, 0.1) is 5.92 Å². The number of halogens is 3. The number of nitrogens with two attached hydrogens (primary N) is 1. The summed E-state index contributed by atoms with van der Waals surface area (Å²) in [6.07, 6.45) is -3.27. The highest BCUT2D eigenvalue weighted by Gasteiger charge is 2.33. The summed E-state index contributed by atoms with van der Waals surface area (Å²) in [5, 5.41) is 2.70. The molecule has 1 aromatic heterocycles. The minimum atomic E-state index is -4.58. The van der Waals surface area contributed by atoms with Gasteiger partial charge in [-0.25, -0.2) is 9.78 Å². The summed E-state index contributed by atoms with van der Waals surface area (Å²) in [6, 6.07) is 0.00628. The predicted molar refractivity (Wildman–Crippen MR) is 72.5 cm³/mol. The van der Waals surface area contributed by atoms with E-state index in [0.717, 1.165) is 12.3 Å². The van der Waals surface area contributed by atoms with Crippen LogP contribution in [-0.4, -0.2) is 24.1 Å². The van der Waals surface area contributed by atoms with Gasteiger partial charge >= 0.3 is 12.1 Å². The Morgan fingerprint density at radius 1 is 1.48 bits per heavy atom. The summed E-state index contributed by atoms with van der Waals surface area (Å²) < 4.78 is 42.6. The fourth-order valence-corrected chi connectivity index (χ4v) is 1.76. The van der Waals surface area contributed by atoms with Crippen molar-refractivity contribution in [3.05, 3.63) is 18.0 Å². The zero-order chi connectivity index (χ0) is 16.2. The number of hydrogen-bond donors (Lipinski definition) is 2. The van der Waals surface area contributed by atoms with Crippen molar-refractivity contribution in [2.24, 2.45) is 5.92 Å². The van der Waals surface area contributed by atoms with Crippen molar-refractivity contribution in [1.29, 1.82) is 0 Å². The van der Waals surface area contributed by atoms with Crippen molar-refractivity contribution in [3.8, 4) is 0 Å². The van der Waals surface area contributed by atoms with Gasteiger partial charge in [0.2, 0.25) is 0 Å². The molecule has 0 amide bonds. The molecule has 1 rings (SSSR count). The number of hydrogen-bond acceptors (Lipinski definition) is 5. The van der Waals surface area contributed by atoms with Gasteiger partial charge in [-0.1, -0.05) is 13.8 Å². The van der Waals surface area contributed by atoms with Gasteiger partial charge in [0.1, 0.15) is 11.7 Å². The maximum atomic E-state index is 12.6. The fraction of sp³-hybridized carbons (Fsp3) is 0.538. The lowest BCUT2D eigenvalue weighted by Crippen LogP contribution is -2.32. The van der Waals surface area contributed by atoms with Crippen LogP contribution in [0.5, 0.6) is 0 Å². The molecule has 1 aromatic rings. The summed E-state index contributed by atoms with van der Waals surface area (Å²) in [6.45, 7) is 3.77. The molecule has 5 nitrogen and oxygen atoms in total. The van der Waals surface area contributed by atoms with Crippen molar-refractivity contribution in [1.82, 2.24) is 4.98 Å². The normalized spacial score (nSPS) is 13.1. The molecule has 0 saturated heterocycles. The minimum absolute atomic E-state index is 0.00775. The highest BCUT2D eigenvalue weighted by atomic mass is 19.4. The first kappa shape index (κ1) is 17.1. The summed E-state index contributed by atoms with van der Waals surface area (Å²) in [4.78, 5) is 14.9. The van der Waals surface area contributed by atoms with Gasteiger partial charge in [0, 0.05) is 0 Å². The van der Waals surface area contributed by atoms with Crippen molar-refractivity contribution in [2.75, 3.05) is 18.2 Å². The number of nitrogens with one attached hydrogen (secondary N) is 1. The van der Waals surface area contributed by atoms with E-state index in [1.54, 1.807) is 0 Å². The van der Waals surface area contributed by atoms with E-state index in [1.165, 1.54) is 7.11 Å². The van der Waals surface area contributed by atoms with Crippen molar-refractivity contribution in [2.45, 2.75) is 32.5 Å². The van der Waals surface area contributed by atoms with E-state index in [4.69, 9.17) is 5.73 Å². The Bertz CT molecular complexity index is 504. The molecule has 1 heterocycles. The third kappa shape index (κ3) is 4.80. The summed E-state index contributed by atoms with van der Waals surface area (Å²) in [7, 11) is 1.22. The van der Waals surface area contributed by atoms with Crippen molar-refractivity contribution in [3.63, 3.8) is 0 Å². The number of methoxy groups -OCH3 is 1. The standard InChI is InChI=1S/C13H18F3N3O2/c1-7(2)4-10(12(20)21-3)19-9-5-11(13(14,15)16)18-6-8(9)17/h5-7,10H,4,17H2,1-3H3,(H,18,19). The summed E-state index contributed by atoms with van der Waals surface area (Å²) in [5.41, 5.74) is 4.57. The van der Waals surface area contributed by atoms with Crippen molar-refractivity contribution >= 4 is 17.3 Å². The van der Waals surface area contributed by atoms with Crippen LogP contribution in [-0.2, 0) is 15.7 Å². The molecule has 0 aliphatic heterocycles. The Kier molecular flexibility index (Phi) is 5.40. The maximum absolute atomic E-state index is 12.6. The molecule has 0 aliphatic carbocycles. The number of pyridine rings is 1. The monoisotopic (exact) mass is 305 g/mol. The van der Waals surface area contributed by atoms with Gasteiger partial charge in [-0.15, -0.1) is 0 Å². The Balaban J connectivity index is 3.05. The third-order valence-corrected chi connectivity index (χ3v) is 2.75. The van der Waals surface area contributed by atoms with Gasteiger partial charge in [0.15, 0.2) is 0 Å². The number of anilines is 2. The molecular weight excluding hydrogens is 287 g/mol. The number of ether oxygens (including phenoxy) is 1. The van der Waals surface area contributed by atoms with E-state index in [9.17, 15) is 18.0 Å². The first-order valence-electron chi connectivity index (χ1n) is 6.32. The molecule has 3 N–H and O–H groups in total. The minimum Gasteiger partial charge on any atom is -0.467 e. The second-order valence-electron chi connectivity index (χ2n) is 5.00. The molecule has 1 unspecified atom stereocenters. The van der Waals surface area contributed by atoms with E-state index in [2.05, 4.69) is 15.0 Å². The molecule has 118 valence electrons. The van der Waals surface area contributed by atoms with Gasteiger partial charge < -0.3 is 15.8 Å². The lowest BCUT2D eigenvalue weighted by molar-refractivity contribution is -0.142. The molecule has 0 spiro atoms. The van der Waals surface area contributed by atoms with Crippen LogP contribution in [0.1, 0.15) is 26.0 Å². The van der Waals surface area contributed by atoms with Crippen LogP contribution in [0.4, 0.5) is 24.5 Å². The molecule has 0 aromatic carbocycles. The Morgan fingerprint density at radius 3 is 2.57 bits per heavy atom. The number of alkyl halides is 3. The average Bonchev–Trinajstić information content (AvgIpc) is 2.37. The fourth-order valence-electron chi connectivity index (χ4n) is 1.76. The highest BCUT2D eigenvalue weighted by molar-refractivity contribution is 5.81. The Morgan fingerprint density at radius 2 is 2.10 bits per heavy atom. The first-order chi connectivity index (χ1) is 9.65. The van der Waals surface area contributed by atoms with Gasteiger partial charge in [-0.2, -0.15) is 13.2 Å². The highest BCUT2D eigenvalue weighted by Crippen LogP contribution is 2.31. The van der Waals surface area contributed by atoms with E-state index in [1.807, 2.05) is 13.8 Å². The first-order valence-corrected chi connectivity index (χ1v) is 6.32. The molecule has 0 bridgehead atoms. The van der Waals surface area contributed by atoms with Crippen molar-refractivity contribution < 1.29 is 22.7 Å². The van der Waals surface area contributed by atoms with Crippen LogP contribution in [0.2, 0.25) is 0 Å². The number of aromatic nitrogens is 1. The SMILES string of the molecule is COC(=O)C(CC(C)C)Nc1cc(C(F)(F)F)ncc1N. The van der Waals surface area contributed by atoms with Crippen LogP contribution < -0.4 is 11.1 Å². The van der Waals surface area contributed by atoms with Gasteiger partial charge in [-0.05, 0) is 18.4 Å². The van der Waals surface area contributed by atoms with Crippen LogP contribution >= 0.6 is 0 Å². The van der Waals surface area contributed by atoms with E-state index < -0.39 is 23.9 Å². The molecule has 8 heteroatoms. The molecular formula is C13H18F3N3O2. The number of carbonyl (C=O) groups is 1. The average molecular weight is 305 g/mol. The Labute approximate surface area is 120 Å². The van der Waals surface area contributed by atoms with Crippen LogP contribution in [0.15, 0.2) is 12.3 Å². The second-order valence-corrected chi connectivity index (χ2v) is 5.00. The van der Waals surface area contributed by atoms with Gasteiger partial charge in [0.05, 0.1) is 24.7 Å². The van der Waals surface area contributed by atoms with E-state index >= 15 is 0 Å². The maximum Gasteiger partial charge on any atom is 0.433 e. The molecule has 0 saturated carbocycles. The molecule has 1 atom stereocenters. The largest absolute Gasteiger partial charge is 0.467 e. The predicted octanol–water partition coefficient (Wildman–Crippen LogP) is 2.68. The molecule has 0 fully saturated rings. The summed E-state index contributed by atoms with van der Waals surface area (Å²) in [5.74, 6) is -0.416. The lowest BCUT2D eigenvalue weighted by atomic mass is 10.0. The van der Waals surface area contributed by atoms with E-state index in [0.29, 0.717) is 6.42 Å². The number of esters is 1. The number of nitrogen functional groups attached to an aromatic ring is 1. The molecule has 21 heavy (non-hydrogen) atoms. The lowest BCUT2D eigenvalue weighted by Gasteiger charge is -2.21. The zero-order valence-corrected chi connectivity index (χ0v) is 12.0. The van der Waals surface area contributed by atoms with Crippen LogP contribution in [0.3, 0.4) is 0 Å². The topological polar surface area (TPSA) is 77.2 Å². The summed E-state index contributed by atoms with van der Waals surface area (Å²) >= 11 is 0.